The van der Waals surface area contributed by atoms with Gasteiger partial charge < -0.3 is 15.0 Å². The number of piperidine rings is 1. The number of rotatable bonds is 5. The second-order valence-corrected chi connectivity index (χ2v) is 11.1. The number of para-hydroxylation sites is 2. The van der Waals surface area contributed by atoms with Crippen molar-refractivity contribution in [2.24, 2.45) is 5.92 Å². The Morgan fingerprint density at radius 2 is 1.90 bits per heavy atom. The van der Waals surface area contributed by atoms with Crippen molar-refractivity contribution >= 4 is 38.6 Å². The minimum absolute atomic E-state index is 0.127. The highest BCUT2D eigenvalue weighted by Gasteiger charge is 2.34. The number of sulfonamides is 1. The van der Waals surface area contributed by atoms with Gasteiger partial charge in [0.1, 0.15) is 4.21 Å². The molecule has 1 atom stereocenters. The Balaban J connectivity index is 1.47. The van der Waals surface area contributed by atoms with Crippen molar-refractivity contribution in [2.75, 3.05) is 49.6 Å². The van der Waals surface area contributed by atoms with Crippen LogP contribution in [0.1, 0.15) is 17.7 Å². The number of carbonyl (C=O) groups is 1. The highest BCUT2D eigenvalue weighted by Crippen LogP contribution is 2.30. The minimum Gasteiger partial charge on any atom is -0.378 e. The van der Waals surface area contributed by atoms with Gasteiger partial charge in [0, 0.05) is 31.1 Å². The smallest absolute Gasteiger partial charge is 0.252 e. The summed E-state index contributed by atoms with van der Waals surface area (Å²) in [6.07, 6.45) is 1.35. The molecule has 1 aromatic carbocycles. The van der Waals surface area contributed by atoms with E-state index in [2.05, 4.69) is 10.2 Å². The number of carbonyl (C=O) groups excluding carboxylic acids is 1. The van der Waals surface area contributed by atoms with Gasteiger partial charge in [-0.25, -0.2) is 8.42 Å². The number of benzene rings is 1. The average Bonchev–Trinajstić information content (AvgIpc) is 3.22. The number of hydrogen-bond donors (Lipinski definition) is 1. The predicted octanol–water partition coefficient (Wildman–Crippen LogP) is 2.93. The van der Waals surface area contributed by atoms with E-state index in [1.807, 2.05) is 37.3 Å². The van der Waals surface area contributed by atoms with Crippen molar-refractivity contribution in [1.82, 2.24) is 4.31 Å². The molecule has 4 rings (SSSR count). The number of morpholine rings is 1. The Morgan fingerprint density at radius 1 is 1.13 bits per heavy atom. The number of hydrogen-bond acceptors (Lipinski definition) is 6. The van der Waals surface area contributed by atoms with Crippen LogP contribution in [0.4, 0.5) is 11.4 Å². The van der Waals surface area contributed by atoms with Gasteiger partial charge in [0.25, 0.3) is 10.0 Å². The highest BCUT2D eigenvalue weighted by atomic mass is 32.2. The quantitative estimate of drug-likeness (QED) is 0.759. The first-order valence-electron chi connectivity index (χ1n) is 10.2. The summed E-state index contributed by atoms with van der Waals surface area (Å²) in [5.74, 6) is -0.495. The monoisotopic (exact) mass is 449 g/mol. The van der Waals surface area contributed by atoms with Gasteiger partial charge in [-0.3, -0.25) is 4.79 Å². The third-order valence-electron chi connectivity index (χ3n) is 5.58. The molecule has 9 heteroatoms. The van der Waals surface area contributed by atoms with Crippen molar-refractivity contribution in [3.63, 3.8) is 0 Å². The Bertz CT molecular complexity index is 999. The lowest BCUT2D eigenvalue weighted by atomic mass is 9.98. The molecule has 0 aliphatic carbocycles. The topological polar surface area (TPSA) is 79.0 Å². The van der Waals surface area contributed by atoms with E-state index in [4.69, 9.17) is 4.74 Å². The zero-order valence-corrected chi connectivity index (χ0v) is 18.7. The van der Waals surface area contributed by atoms with Crippen LogP contribution in [0, 0.1) is 12.8 Å². The van der Waals surface area contributed by atoms with Crippen molar-refractivity contribution < 1.29 is 17.9 Å². The molecule has 0 radical (unpaired) electrons. The maximum absolute atomic E-state index is 13.0. The molecule has 3 heterocycles. The summed E-state index contributed by atoms with van der Waals surface area (Å²) in [4.78, 5) is 16.2. The third kappa shape index (κ3) is 4.54. The standard InChI is InChI=1S/C21H27N3O4S2/c1-16-8-9-20(29-16)30(26,27)24-10-4-5-17(15-24)21(25)22-18-6-2-3-7-19(18)23-11-13-28-14-12-23/h2-3,6-9,17H,4-5,10-15H2,1H3,(H,22,25)/t17-/m1/s1. The van der Waals surface area contributed by atoms with E-state index in [1.165, 1.54) is 15.6 Å². The van der Waals surface area contributed by atoms with Crippen molar-refractivity contribution in [3.8, 4) is 0 Å². The van der Waals surface area contributed by atoms with Crippen LogP contribution in [-0.2, 0) is 19.6 Å². The number of anilines is 2. The number of ether oxygens (including phenoxy) is 1. The maximum Gasteiger partial charge on any atom is 0.252 e. The molecule has 1 aromatic heterocycles. The van der Waals surface area contributed by atoms with Gasteiger partial charge in [0.15, 0.2) is 0 Å². The number of amides is 1. The molecule has 1 amide bonds. The Morgan fingerprint density at radius 3 is 2.63 bits per heavy atom. The number of aryl methyl sites for hydroxylation is 1. The Kier molecular flexibility index (Phi) is 6.43. The van der Waals surface area contributed by atoms with Crippen LogP contribution in [-0.4, -0.2) is 58.0 Å². The van der Waals surface area contributed by atoms with E-state index in [1.54, 1.807) is 6.07 Å². The fourth-order valence-electron chi connectivity index (χ4n) is 3.95. The maximum atomic E-state index is 13.0. The number of thiophene rings is 1. The third-order valence-corrected chi connectivity index (χ3v) is 8.91. The molecule has 2 saturated heterocycles. The lowest BCUT2D eigenvalue weighted by molar-refractivity contribution is -0.120. The van der Waals surface area contributed by atoms with Crippen LogP contribution < -0.4 is 10.2 Å². The van der Waals surface area contributed by atoms with E-state index in [9.17, 15) is 13.2 Å². The van der Waals surface area contributed by atoms with Crippen molar-refractivity contribution in [3.05, 3.63) is 41.3 Å². The fourth-order valence-corrected chi connectivity index (χ4v) is 6.91. The van der Waals surface area contributed by atoms with Gasteiger partial charge in [-0.05, 0) is 44.0 Å². The summed E-state index contributed by atoms with van der Waals surface area (Å²) in [5, 5.41) is 3.05. The lowest BCUT2D eigenvalue weighted by Gasteiger charge is -2.32. The van der Waals surface area contributed by atoms with Crippen LogP contribution in [0.15, 0.2) is 40.6 Å². The van der Waals surface area contributed by atoms with E-state index in [0.717, 1.165) is 29.3 Å². The molecule has 162 valence electrons. The van der Waals surface area contributed by atoms with E-state index in [0.29, 0.717) is 36.8 Å². The van der Waals surface area contributed by atoms with Gasteiger partial charge in [-0.2, -0.15) is 4.31 Å². The molecule has 2 aliphatic rings. The van der Waals surface area contributed by atoms with E-state index in [-0.39, 0.29) is 18.4 Å². The van der Waals surface area contributed by atoms with Gasteiger partial charge in [0.05, 0.1) is 30.5 Å². The van der Waals surface area contributed by atoms with Crippen LogP contribution >= 0.6 is 11.3 Å². The highest BCUT2D eigenvalue weighted by molar-refractivity contribution is 7.91. The molecule has 0 spiro atoms. The molecule has 0 unspecified atom stereocenters. The van der Waals surface area contributed by atoms with Crippen molar-refractivity contribution in [1.29, 1.82) is 0 Å². The van der Waals surface area contributed by atoms with Gasteiger partial charge in [0.2, 0.25) is 5.91 Å². The summed E-state index contributed by atoms with van der Waals surface area (Å²) in [7, 11) is -3.56. The summed E-state index contributed by atoms with van der Waals surface area (Å²) >= 11 is 1.27. The van der Waals surface area contributed by atoms with E-state index >= 15 is 0 Å². The first-order chi connectivity index (χ1) is 14.4. The zero-order chi connectivity index (χ0) is 21.1. The van der Waals surface area contributed by atoms with Crippen LogP contribution in [0.3, 0.4) is 0 Å². The summed E-state index contributed by atoms with van der Waals surface area (Å²) in [6.45, 7) is 5.45. The first-order valence-corrected chi connectivity index (χ1v) is 12.5. The minimum atomic E-state index is -3.56. The van der Waals surface area contributed by atoms with Crippen molar-refractivity contribution in [2.45, 2.75) is 24.0 Å². The first kappa shape index (κ1) is 21.3. The number of nitrogens with one attached hydrogen (secondary N) is 1. The average molecular weight is 450 g/mol. The zero-order valence-electron chi connectivity index (χ0n) is 17.0. The SMILES string of the molecule is Cc1ccc(S(=O)(=O)N2CCC[C@@H](C(=O)Nc3ccccc3N3CCOCC3)C2)s1. The summed E-state index contributed by atoms with van der Waals surface area (Å²) < 4.78 is 33.2. The van der Waals surface area contributed by atoms with Crippen LogP contribution in [0.25, 0.3) is 0 Å². The number of nitrogens with zero attached hydrogens (tertiary/aromatic N) is 2. The second kappa shape index (κ2) is 9.05. The molecule has 0 bridgehead atoms. The molecular weight excluding hydrogens is 422 g/mol. The lowest BCUT2D eigenvalue weighted by Crippen LogP contribution is -2.43. The largest absolute Gasteiger partial charge is 0.378 e. The molecule has 2 aromatic rings. The normalized spacial score (nSPS) is 20.8. The molecule has 7 nitrogen and oxygen atoms in total. The van der Waals surface area contributed by atoms with Gasteiger partial charge in [-0.1, -0.05) is 12.1 Å². The molecule has 1 N–H and O–H groups in total. The predicted molar refractivity (Wildman–Crippen MR) is 119 cm³/mol. The summed E-state index contributed by atoms with van der Waals surface area (Å²) in [5.41, 5.74) is 1.74. The molecule has 2 fully saturated rings. The molecule has 30 heavy (non-hydrogen) atoms. The van der Waals surface area contributed by atoms with Gasteiger partial charge >= 0.3 is 0 Å². The van der Waals surface area contributed by atoms with Gasteiger partial charge in [-0.15, -0.1) is 11.3 Å². The van der Waals surface area contributed by atoms with E-state index < -0.39 is 10.0 Å². The molecule has 0 saturated carbocycles. The van der Waals surface area contributed by atoms with Crippen LogP contribution in [0.2, 0.25) is 0 Å². The molecular formula is C21H27N3O4S2. The molecule has 2 aliphatic heterocycles. The fraction of sp³-hybridized carbons (Fsp3) is 0.476. The Hall–Kier alpha value is -1.94. The summed E-state index contributed by atoms with van der Waals surface area (Å²) in [6, 6.07) is 11.2. The second-order valence-electron chi connectivity index (χ2n) is 7.67. The Labute approximate surface area is 181 Å². The van der Waals surface area contributed by atoms with Crippen LogP contribution in [0.5, 0.6) is 0 Å².